The summed E-state index contributed by atoms with van der Waals surface area (Å²) in [5.41, 5.74) is 5.26. The normalized spacial score (nSPS) is 10.0. The van der Waals surface area contributed by atoms with E-state index < -0.39 is 30.9 Å². The number of carbonyl (C=O) groups excluding carboxylic acids is 2. The summed E-state index contributed by atoms with van der Waals surface area (Å²) in [6.07, 6.45) is 0. The standard InChI is InChI=1S/C11H10Br2N2O4/c12-6-1-2-7(8(13)3-6)11(19)15(4-9(14)16)5-10(17)18/h1-3H,4-5H2,(H2,14,16)(H,17,18). The van der Waals surface area contributed by atoms with Gasteiger partial charge in [-0.2, -0.15) is 0 Å². The Bertz CT molecular complexity index is 517. The highest BCUT2D eigenvalue weighted by molar-refractivity contribution is 9.11. The van der Waals surface area contributed by atoms with Crippen molar-refractivity contribution in [3.05, 3.63) is 32.7 Å². The number of nitrogens with two attached hydrogens (primary N) is 1. The number of nitrogens with zero attached hydrogens (tertiary/aromatic N) is 1. The fourth-order valence-corrected chi connectivity index (χ4v) is 2.60. The summed E-state index contributed by atoms with van der Waals surface area (Å²) < 4.78 is 1.25. The molecule has 1 aromatic rings. The van der Waals surface area contributed by atoms with E-state index in [1.807, 2.05) is 0 Å². The van der Waals surface area contributed by atoms with Crippen molar-refractivity contribution >= 4 is 49.6 Å². The summed E-state index contributed by atoms with van der Waals surface area (Å²) in [7, 11) is 0. The Morgan fingerprint density at radius 2 is 1.84 bits per heavy atom. The van der Waals surface area contributed by atoms with E-state index in [-0.39, 0.29) is 5.56 Å². The summed E-state index contributed by atoms with van der Waals surface area (Å²) in [6.45, 7) is -1.04. The molecule has 0 bridgehead atoms. The van der Waals surface area contributed by atoms with Crippen molar-refractivity contribution < 1.29 is 19.5 Å². The minimum absolute atomic E-state index is 0.255. The monoisotopic (exact) mass is 392 g/mol. The highest BCUT2D eigenvalue weighted by atomic mass is 79.9. The number of carbonyl (C=O) groups is 3. The van der Waals surface area contributed by atoms with Gasteiger partial charge in [-0.05, 0) is 34.1 Å². The van der Waals surface area contributed by atoms with E-state index in [9.17, 15) is 14.4 Å². The van der Waals surface area contributed by atoms with Crippen molar-refractivity contribution in [3.8, 4) is 0 Å². The lowest BCUT2D eigenvalue weighted by molar-refractivity contribution is -0.138. The highest BCUT2D eigenvalue weighted by Crippen LogP contribution is 2.23. The quantitative estimate of drug-likeness (QED) is 0.785. The van der Waals surface area contributed by atoms with Crippen molar-refractivity contribution in [2.75, 3.05) is 13.1 Å². The maximum atomic E-state index is 12.2. The number of aliphatic carboxylic acids is 1. The zero-order valence-electron chi connectivity index (χ0n) is 9.60. The van der Waals surface area contributed by atoms with Gasteiger partial charge < -0.3 is 15.7 Å². The van der Waals surface area contributed by atoms with Gasteiger partial charge in [-0.25, -0.2) is 0 Å². The Morgan fingerprint density at radius 1 is 1.21 bits per heavy atom. The van der Waals surface area contributed by atoms with Crippen LogP contribution < -0.4 is 5.73 Å². The maximum absolute atomic E-state index is 12.2. The summed E-state index contributed by atoms with van der Waals surface area (Å²) in [5.74, 6) is -2.58. The first-order chi connectivity index (χ1) is 8.81. The largest absolute Gasteiger partial charge is 0.480 e. The smallest absolute Gasteiger partial charge is 0.323 e. The lowest BCUT2D eigenvalue weighted by Crippen LogP contribution is -2.41. The fraction of sp³-hybridized carbons (Fsp3) is 0.182. The fourth-order valence-electron chi connectivity index (χ4n) is 1.38. The molecule has 1 aromatic carbocycles. The second-order valence-corrected chi connectivity index (χ2v) is 5.42. The van der Waals surface area contributed by atoms with E-state index in [0.717, 1.165) is 9.37 Å². The number of primary amides is 1. The SMILES string of the molecule is NC(=O)CN(CC(=O)O)C(=O)c1ccc(Br)cc1Br. The minimum Gasteiger partial charge on any atom is -0.480 e. The van der Waals surface area contributed by atoms with Crippen LogP contribution in [-0.2, 0) is 9.59 Å². The van der Waals surface area contributed by atoms with Crippen molar-refractivity contribution in [2.24, 2.45) is 5.73 Å². The highest BCUT2D eigenvalue weighted by Gasteiger charge is 2.22. The van der Waals surface area contributed by atoms with Gasteiger partial charge in [0.05, 0.1) is 5.56 Å². The molecule has 0 spiro atoms. The molecule has 0 saturated carbocycles. The lowest BCUT2D eigenvalue weighted by Gasteiger charge is -2.19. The molecule has 0 aliphatic heterocycles. The number of carboxylic acids is 1. The molecule has 0 saturated heterocycles. The van der Waals surface area contributed by atoms with Gasteiger partial charge in [0.25, 0.3) is 5.91 Å². The van der Waals surface area contributed by atoms with Crippen molar-refractivity contribution in [1.82, 2.24) is 4.90 Å². The topological polar surface area (TPSA) is 101 Å². The zero-order valence-corrected chi connectivity index (χ0v) is 12.8. The van der Waals surface area contributed by atoms with Gasteiger partial charge in [-0.3, -0.25) is 14.4 Å². The van der Waals surface area contributed by atoms with Gasteiger partial charge in [-0.1, -0.05) is 15.9 Å². The van der Waals surface area contributed by atoms with E-state index in [0.29, 0.717) is 4.47 Å². The molecule has 0 fully saturated rings. The van der Waals surface area contributed by atoms with Gasteiger partial charge >= 0.3 is 5.97 Å². The van der Waals surface area contributed by atoms with E-state index in [1.54, 1.807) is 12.1 Å². The molecule has 0 aliphatic rings. The van der Waals surface area contributed by atoms with Gasteiger partial charge in [0, 0.05) is 8.95 Å². The zero-order chi connectivity index (χ0) is 14.6. The van der Waals surface area contributed by atoms with E-state index in [4.69, 9.17) is 10.8 Å². The summed E-state index contributed by atoms with van der Waals surface area (Å²) >= 11 is 6.45. The number of amides is 2. The molecule has 0 aromatic heterocycles. The minimum atomic E-state index is -1.22. The van der Waals surface area contributed by atoms with Crippen LogP contribution in [0.2, 0.25) is 0 Å². The number of hydrogen-bond donors (Lipinski definition) is 2. The van der Waals surface area contributed by atoms with Crippen LogP contribution in [0.4, 0.5) is 0 Å². The molecule has 0 radical (unpaired) electrons. The molecule has 19 heavy (non-hydrogen) atoms. The third-order valence-corrected chi connectivity index (χ3v) is 3.27. The summed E-state index contributed by atoms with van der Waals surface area (Å²) in [6, 6.07) is 4.81. The van der Waals surface area contributed by atoms with Crippen LogP contribution in [0.5, 0.6) is 0 Å². The van der Waals surface area contributed by atoms with E-state index >= 15 is 0 Å². The number of halogens is 2. The molecule has 0 heterocycles. The number of carboxylic acid groups (broad SMARTS) is 1. The van der Waals surface area contributed by atoms with Crippen LogP contribution in [0.15, 0.2) is 27.1 Å². The van der Waals surface area contributed by atoms with Crippen molar-refractivity contribution in [2.45, 2.75) is 0 Å². The third kappa shape index (κ3) is 4.64. The molecular formula is C11H10Br2N2O4. The van der Waals surface area contributed by atoms with Crippen LogP contribution in [0.3, 0.4) is 0 Å². The van der Waals surface area contributed by atoms with E-state index in [2.05, 4.69) is 31.9 Å². The van der Waals surface area contributed by atoms with Crippen LogP contribution in [0.25, 0.3) is 0 Å². The Morgan fingerprint density at radius 3 is 2.32 bits per heavy atom. The second kappa shape index (κ2) is 6.67. The Labute approximate surface area is 125 Å². The number of benzene rings is 1. The van der Waals surface area contributed by atoms with Crippen molar-refractivity contribution in [3.63, 3.8) is 0 Å². The van der Waals surface area contributed by atoms with Crippen LogP contribution in [-0.4, -0.2) is 40.9 Å². The van der Waals surface area contributed by atoms with Gasteiger partial charge in [-0.15, -0.1) is 0 Å². The Balaban J connectivity index is 3.04. The first-order valence-corrected chi connectivity index (χ1v) is 6.64. The lowest BCUT2D eigenvalue weighted by atomic mass is 10.2. The molecule has 102 valence electrons. The summed E-state index contributed by atoms with van der Waals surface area (Å²) in [4.78, 5) is 34.6. The molecule has 0 unspecified atom stereocenters. The van der Waals surface area contributed by atoms with Crippen molar-refractivity contribution in [1.29, 1.82) is 0 Å². The van der Waals surface area contributed by atoms with E-state index in [1.165, 1.54) is 6.07 Å². The summed E-state index contributed by atoms with van der Waals surface area (Å²) in [5, 5.41) is 8.74. The molecule has 0 atom stereocenters. The molecule has 2 amide bonds. The molecular weight excluding hydrogens is 384 g/mol. The van der Waals surface area contributed by atoms with Gasteiger partial charge in [0.2, 0.25) is 5.91 Å². The Hall–Kier alpha value is -1.41. The number of rotatable bonds is 5. The maximum Gasteiger partial charge on any atom is 0.323 e. The average Bonchev–Trinajstić information content (AvgIpc) is 2.26. The second-order valence-electron chi connectivity index (χ2n) is 3.65. The third-order valence-electron chi connectivity index (χ3n) is 2.12. The first kappa shape index (κ1) is 15.6. The van der Waals surface area contributed by atoms with Crippen LogP contribution in [0.1, 0.15) is 10.4 Å². The first-order valence-electron chi connectivity index (χ1n) is 5.05. The predicted octanol–water partition coefficient (Wildman–Crippen LogP) is 1.22. The molecule has 6 nitrogen and oxygen atoms in total. The Kier molecular flexibility index (Phi) is 5.49. The van der Waals surface area contributed by atoms with Gasteiger partial charge in [0.1, 0.15) is 13.1 Å². The predicted molar refractivity (Wildman–Crippen MR) is 74.6 cm³/mol. The average molecular weight is 394 g/mol. The molecule has 1 rings (SSSR count). The molecule has 0 aliphatic carbocycles. The molecule has 3 N–H and O–H groups in total. The van der Waals surface area contributed by atoms with Crippen LogP contribution in [0, 0.1) is 0 Å². The van der Waals surface area contributed by atoms with Crippen LogP contribution >= 0.6 is 31.9 Å². The molecule has 8 heteroatoms. The van der Waals surface area contributed by atoms with Gasteiger partial charge in [0.15, 0.2) is 0 Å². The number of hydrogen-bond acceptors (Lipinski definition) is 3.